The van der Waals surface area contributed by atoms with Gasteiger partial charge in [-0.3, -0.25) is 0 Å². The molecule has 10 aromatic rings. The standard InChI is InChI=1S/C12H10.C10H8.5C7H8.C6H6.15C2H6.5CH4.6CH3.3Y/c1-3-7-11(8-4-1)12-9-5-2-6-10-12;1-2-6-10-8-4-3-7-9(10)5-1;5*1-7-5-3-2-4-6-7;1-2-4-6-5-3-1;15*1-2;;;;;;;;;;;;;;/h1-10H;1-8H;5*2-6H,1H3;1-6H;15*1-2H3;5*1H4;6*1H3;;;/q;;;;;;;;;;;;;;;;;;;;;;;;;;;;6*-1;;;. The number of fused-ring (bicyclic) bond motifs is 1. The molecular weight excluding hydrogens is 1520 g/mol. The average Bonchev–Trinajstić information content (AvgIpc) is 0.884. The molecule has 0 aliphatic rings. The molecular formula is C104H192Y3-6. The molecule has 0 spiro atoms. The van der Waals surface area contributed by atoms with Crippen molar-refractivity contribution in [2.75, 3.05) is 0 Å². The Morgan fingerprint density at radius 1 is 0.121 bits per heavy atom. The Morgan fingerprint density at radius 2 is 0.196 bits per heavy atom. The SMILES string of the molecule is C.C.C.C.C.CC.CC.CC.CC.CC.CC.CC.CC.CC.CC.CC.CC.CC.CC.CC.Cc1ccccc1.Cc1ccccc1.Cc1ccccc1.Cc1ccccc1.Cc1ccccc1.[CH3-].[CH3-].[CH3-].[CH3-].[CH3-].[CH3-].[Y].[Y].[Y].c1ccc(-c2ccccc2)cc1.c1ccc2ccccc2c1.c1ccccc1. The van der Waals surface area contributed by atoms with E-state index in [1.54, 1.807) is 0 Å². The van der Waals surface area contributed by atoms with Gasteiger partial charge in [0.25, 0.3) is 0 Å². The Morgan fingerprint density at radius 3 is 0.280 bits per heavy atom. The molecule has 0 unspecified atom stereocenters. The number of rotatable bonds is 1. The van der Waals surface area contributed by atoms with E-state index in [4.69, 9.17) is 0 Å². The predicted octanol–water partition coefficient (Wildman–Crippen LogP) is 39.1. The van der Waals surface area contributed by atoms with Gasteiger partial charge in [0.1, 0.15) is 0 Å². The molecule has 0 aromatic heterocycles. The van der Waals surface area contributed by atoms with Crippen LogP contribution < -0.4 is 0 Å². The van der Waals surface area contributed by atoms with Gasteiger partial charge in [-0.05, 0) is 56.5 Å². The Kier molecular flexibility index (Phi) is 348. The van der Waals surface area contributed by atoms with E-state index in [0.717, 1.165) is 0 Å². The predicted molar refractivity (Wildman–Crippen MR) is 521 cm³/mol. The van der Waals surface area contributed by atoms with Crippen LogP contribution >= 0.6 is 0 Å². The molecule has 0 saturated carbocycles. The number of hydrogen-bond donors (Lipinski definition) is 0. The minimum atomic E-state index is 0. The van der Waals surface area contributed by atoms with Gasteiger partial charge in [0, 0.05) is 98.1 Å². The summed E-state index contributed by atoms with van der Waals surface area (Å²) in [6.45, 7) is 70.4. The molecule has 0 bridgehead atoms. The van der Waals surface area contributed by atoms with Crippen LogP contribution in [0, 0.1) is 79.2 Å². The number of aryl methyl sites for hydroxylation is 5. The third kappa shape index (κ3) is 159. The zero-order chi connectivity index (χ0) is 74.8. The zero-order valence-electron chi connectivity index (χ0n) is 75.5. The zero-order valence-corrected chi connectivity index (χ0v) is 84.0. The molecule has 3 heteroatoms. The minimum absolute atomic E-state index is 0. The summed E-state index contributed by atoms with van der Waals surface area (Å²) >= 11 is 0. The van der Waals surface area contributed by atoms with Crippen molar-refractivity contribution in [3.63, 3.8) is 0 Å². The molecule has 0 fully saturated rings. The van der Waals surface area contributed by atoms with E-state index in [-0.39, 0.29) is 180 Å². The van der Waals surface area contributed by atoms with Crippen LogP contribution in [0.5, 0.6) is 0 Å². The third-order valence-electron chi connectivity index (χ3n) is 8.91. The molecule has 3 radical (unpaired) electrons. The van der Waals surface area contributed by atoms with Gasteiger partial charge in [0.05, 0.1) is 0 Å². The Labute approximate surface area is 761 Å². The van der Waals surface area contributed by atoms with Gasteiger partial charge in [-0.15, -0.1) is 0 Å². The molecule has 0 aliphatic heterocycles. The fourth-order valence-corrected chi connectivity index (χ4v) is 5.45. The maximum atomic E-state index is 2.12. The van der Waals surface area contributed by atoms with E-state index in [0.29, 0.717) is 0 Å². The first kappa shape index (κ1) is 185. The quantitative estimate of drug-likeness (QED) is 0.144. The van der Waals surface area contributed by atoms with E-state index in [1.165, 1.54) is 49.7 Å². The van der Waals surface area contributed by atoms with E-state index in [2.05, 4.69) is 192 Å². The van der Waals surface area contributed by atoms with Crippen molar-refractivity contribution in [3.8, 4) is 11.1 Å². The second-order valence-corrected chi connectivity index (χ2v) is 14.5. The molecule has 0 nitrogen and oxygen atoms in total. The number of benzene rings is 10. The van der Waals surface area contributed by atoms with Gasteiger partial charge in [-0.2, -0.15) is 0 Å². The molecule has 0 N–H and O–H groups in total. The van der Waals surface area contributed by atoms with Crippen molar-refractivity contribution in [1.82, 2.24) is 0 Å². The largest absolute Gasteiger partial charge is 0.358 e. The number of hydrogen-bond acceptors (Lipinski definition) is 0. The molecule has 10 rings (SSSR count). The molecule has 107 heavy (non-hydrogen) atoms. The summed E-state index contributed by atoms with van der Waals surface area (Å²) in [6, 6.07) is 101. The second kappa shape index (κ2) is 201. The van der Waals surface area contributed by atoms with Crippen LogP contribution in [0.3, 0.4) is 0 Å². The Hall–Kier alpha value is -4.23. The third-order valence-corrected chi connectivity index (χ3v) is 8.91. The van der Waals surface area contributed by atoms with Crippen LogP contribution in [-0.4, -0.2) is 0 Å². The maximum absolute atomic E-state index is 2.12. The first-order chi connectivity index (χ1) is 45.9. The summed E-state index contributed by atoms with van der Waals surface area (Å²) in [5, 5.41) is 2.62. The van der Waals surface area contributed by atoms with E-state index in [9.17, 15) is 0 Å². The van der Waals surface area contributed by atoms with Crippen LogP contribution in [0.4, 0.5) is 0 Å². The van der Waals surface area contributed by atoms with Crippen LogP contribution in [0.25, 0.3) is 21.9 Å². The molecule has 0 heterocycles. The maximum Gasteiger partial charge on any atom is 0 e. The molecule has 623 valence electrons. The molecule has 10 aromatic carbocycles. The van der Waals surface area contributed by atoms with Crippen molar-refractivity contribution in [3.05, 3.63) is 370 Å². The summed E-state index contributed by atoms with van der Waals surface area (Å²) in [4.78, 5) is 0. The van der Waals surface area contributed by atoms with Crippen LogP contribution in [0.2, 0.25) is 0 Å². The first-order valence-electron chi connectivity index (χ1n) is 36.5. The Bertz CT molecular complexity index is 2160. The normalized spacial score (nSPS) is 6.16. The fraction of sp³-hybridized carbons (Fsp3) is 0.385. The van der Waals surface area contributed by atoms with Crippen LogP contribution in [0.15, 0.2) is 297 Å². The van der Waals surface area contributed by atoms with Gasteiger partial charge in [0.15, 0.2) is 0 Å². The summed E-state index contributed by atoms with van der Waals surface area (Å²) in [6.07, 6.45) is 0. The fourth-order valence-electron chi connectivity index (χ4n) is 5.45. The summed E-state index contributed by atoms with van der Waals surface area (Å²) < 4.78 is 0. The van der Waals surface area contributed by atoms with Gasteiger partial charge >= 0.3 is 0 Å². The molecule has 0 aliphatic carbocycles. The van der Waals surface area contributed by atoms with Gasteiger partial charge < -0.3 is 44.6 Å². The Balaban J connectivity index is -0.0000000257. The van der Waals surface area contributed by atoms with E-state index >= 15 is 0 Å². The van der Waals surface area contributed by atoms with Crippen molar-refractivity contribution < 1.29 is 98.1 Å². The molecule has 0 atom stereocenters. The topological polar surface area (TPSA) is 0 Å². The monoisotopic (exact) mass is 1710 g/mol. The smallest absolute Gasteiger partial charge is 0 e. The van der Waals surface area contributed by atoms with E-state index in [1.807, 2.05) is 347 Å². The van der Waals surface area contributed by atoms with E-state index < -0.39 is 0 Å². The van der Waals surface area contributed by atoms with Crippen molar-refractivity contribution in [2.24, 2.45) is 0 Å². The van der Waals surface area contributed by atoms with Gasteiger partial charge in [0.2, 0.25) is 0 Å². The van der Waals surface area contributed by atoms with Gasteiger partial charge in [-0.25, -0.2) is 0 Å². The summed E-state index contributed by atoms with van der Waals surface area (Å²) in [5.41, 5.74) is 9.16. The second-order valence-electron chi connectivity index (χ2n) is 14.5. The molecule has 0 amide bonds. The average molecular weight is 1710 g/mol. The van der Waals surface area contributed by atoms with Crippen molar-refractivity contribution in [2.45, 2.75) is 279 Å². The van der Waals surface area contributed by atoms with Crippen LogP contribution in [-0.2, 0) is 98.1 Å². The summed E-state index contributed by atoms with van der Waals surface area (Å²) in [5.74, 6) is 0. The first-order valence-corrected chi connectivity index (χ1v) is 36.5. The summed E-state index contributed by atoms with van der Waals surface area (Å²) in [7, 11) is 0. The van der Waals surface area contributed by atoms with Crippen molar-refractivity contribution >= 4 is 10.8 Å². The van der Waals surface area contributed by atoms with Crippen LogP contribution in [0.1, 0.15) is 273 Å². The van der Waals surface area contributed by atoms with Gasteiger partial charge in [-0.1, -0.05) is 570 Å². The minimum Gasteiger partial charge on any atom is -0.358 e. The van der Waals surface area contributed by atoms with Crippen molar-refractivity contribution in [1.29, 1.82) is 0 Å². The molecule has 0 saturated heterocycles.